The Morgan fingerprint density at radius 2 is 2.05 bits per heavy atom. The Bertz CT molecular complexity index is 580. The second kappa shape index (κ2) is 6.47. The Labute approximate surface area is 121 Å². The van der Waals surface area contributed by atoms with Crippen molar-refractivity contribution in [2.75, 3.05) is 5.32 Å². The maximum atomic E-state index is 12.7. The summed E-state index contributed by atoms with van der Waals surface area (Å²) in [5, 5.41) is 5.96. The van der Waals surface area contributed by atoms with Gasteiger partial charge in [-0.25, -0.2) is 14.2 Å². The third kappa shape index (κ3) is 4.03. The Kier molecular flexibility index (Phi) is 4.68. The lowest BCUT2D eigenvalue weighted by molar-refractivity contribution is 0.251. The van der Waals surface area contributed by atoms with Crippen molar-refractivity contribution in [1.29, 1.82) is 0 Å². The van der Waals surface area contributed by atoms with Crippen LogP contribution in [0.3, 0.4) is 0 Å². The van der Waals surface area contributed by atoms with Gasteiger partial charge in [0, 0.05) is 17.6 Å². The number of urea groups is 1. The van der Waals surface area contributed by atoms with Crippen LogP contribution in [0.1, 0.15) is 30.2 Å². The van der Waals surface area contributed by atoms with E-state index in [-0.39, 0.29) is 11.8 Å². The summed E-state index contributed by atoms with van der Waals surface area (Å²) in [5.74, 6) is 0.104. The molecule has 20 heavy (non-hydrogen) atoms. The molecule has 2 aromatic rings. The van der Waals surface area contributed by atoms with Crippen molar-refractivity contribution in [3.05, 3.63) is 46.7 Å². The number of hydrogen-bond acceptors (Lipinski definition) is 3. The first-order valence-corrected chi connectivity index (χ1v) is 7.11. The van der Waals surface area contributed by atoms with Crippen molar-refractivity contribution in [2.45, 2.75) is 26.3 Å². The summed E-state index contributed by atoms with van der Waals surface area (Å²) in [6, 6.07) is 5.68. The molecule has 0 saturated carbocycles. The fraction of sp³-hybridized carbons (Fsp3) is 0.286. The van der Waals surface area contributed by atoms with Gasteiger partial charge >= 0.3 is 6.03 Å². The zero-order valence-electron chi connectivity index (χ0n) is 11.3. The van der Waals surface area contributed by atoms with E-state index in [4.69, 9.17) is 0 Å². The van der Waals surface area contributed by atoms with Crippen LogP contribution < -0.4 is 10.6 Å². The van der Waals surface area contributed by atoms with Crippen LogP contribution in [-0.4, -0.2) is 11.0 Å². The van der Waals surface area contributed by atoms with Gasteiger partial charge in [-0.3, -0.25) is 5.32 Å². The van der Waals surface area contributed by atoms with Gasteiger partial charge in [0.25, 0.3) is 0 Å². The molecule has 0 aliphatic heterocycles. The second-order valence-electron chi connectivity index (χ2n) is 4.66. The first kappa shape index (κ1) is 14.5. The number of aromatic nitrogens is 1. The van der Waals surface area contributed by atoms with Crippen molar-refractivity contribution in [3.8, 4) is 0 Å². The van der Waals surface area contributed by atoms with Gasteiger partial charge in [0.05, 0.1) is 0 Å². The largest absolute Gasteiger partial charge is 0.334 e. The second-order valence-corrected chi connectivity index (χ2v) is 5.72. The minimum atomic E-state index is -0.320. The van der Waals surface area contributed by atoms with Crippen molar-refractivity contribution in [2.24, 2.45) is 0 Å². The number of rotatable bonds is 4. The molecule has 1 heterocycles. The van der Waals surface area contributed by atoms with Crippen LogP contribution in [-0.2, 0) is 6.54 Å². The fourth-order valence-electron chi connectivity index (χ4n) is 1.54. The molecule has 0 unspecified atom stereocenters. The monoisotopic (exact) mass is 293 g/mol. The molecule has 0 radical (unpaired) electrons. The molecule has 1 aromatic carbocycles. The minimum Gasteiger partial charge on any atom is -0.334 e. The number of amides is 2. The zero-order valence-corrected chi connectivity index (χ0v) is 12.1. The molecule has 0 saturated heterocycles. The minimum absolute atomic E-state index is 0.290. The lowest BCUT2D eigenvalue weighted by Crippen LogP contribution is -2.28. The number of thiazole rings is 1. The van der Waals surface area contributed by atoms with E-state index in [2.05, 4.69) is 29.5 Å². The average molecular weight is 293 g/mol. The quantitative estimate of drug-likeness (QED) is 0.902. The molecule has 0 bridgehead atoms. The Hall–Kier alpha value is -1.95. The molecule has 6 heteroatoms. The van der Waals surface area contributed by atoms with Crippen molar-refractivity contribution in [3.63, 3.8) is 0 Å². The number of nitrogens with zero attached hydrogens (tertiary/aromatic N) is 1. The molecule has 2 N–H and O–H groups in total. The highest BCUT2D eigenvalue weighted by Crippen LogP contribution is 2.24. The number of anilines is 1. The van der Waals surface area contributed by atoms with Gasteiger partial charge in [0.1, 0.15) is 5.82 Å². The molecule has 0 atom stereocenters. The number of hydrogen-bond donors (Lipinski definition) is 2. The van der Waals surface area contributed by atoms with Crippen LogP contribution >= 0.6 is 11.3 Å². The molecule has 0 aliphatic rings. The summed E-state index contributed by atoms with van der Waals surface area (Å²) in [4.78, 5) is 17.0. The van der Waals surface area contributed by atoms with E-state index in [0.717, 1.165) is 10.4 Å². The fourth-order valence-corrected chi connectivity index (χ4v) is 2.35. The van der Waals surface area contributed by atoms with Crippen LogP contribution in [0, 0.1) is 5.82 Å². The van der Waals surface area contributed by atoms with E-state index in [9.17, 15) is 9.18 Å². The topological polar surface area (TPSA) is 54.0 Å². The van der Waals surface area contributed by atoms with E-state index in [1.165, 1.54) is 23.5 Å². The molecular weight excluding hydrogens is 277 g/mol. The predicted octanol–water partition coefficient (Wildman–Crippen LogP) is 3.73. The van der Waals surface area contributed by atoms with Crippen LogP contribution in [0.4, 0.5) is 14.3 Å². The highest BCUT2D eigenvalue weighted by molar-refractivity contribution is 7.15. The molecule has 4 nitrogen and oxygen atoms in total. The zero-order chi connectivity index (χ0) is 14.5. The van der Waals surface area contributed by atoms with E-state index < -0.39 is 0 Å². The molecule has 0 fully saturated rings. The summed E-state index contributed by atoms with van der Waals surface area (Å²) < 4.78 is 12.7. The summed E-state index contributed by atoms with van der Waals surface area (Å²) >= 11 is 1.46. The van der Waals surface area contributed by atoms with Crippen molar-refractivity contribution >= 4 is 22.5 Å². The Morgan fingerprint density at radius 1 is 1.35 bits per heavy atom. The predicted molar refractivity (Wildman–Crippen MR) is 78.5 cm³/mol. The van der Waals surface area contributed by atoms with Crippen LogP contribution in [0.5, 0.6) is 0 Å². The molecular formula is C14H16FN3OS. The van der Waals surface area contributed by atoms with Gasteiger partial charge in [-0.1, -0.05) is 26.0 Å². The van der Waals surface area contributed by atoms with E-state index in [1.807, 2.05) is 0 Å². The van der Waals surface area contributed by atoms with Gasteiger partial charge in [-0.15, -0.1) is 11.3 Å². The van der Waals surface area contributed by atoms with Gasteiger partial charge in [0.15, 0.2) is 5.13 Å². The van der Waals surface area contributed by atoms with Crippen molar-refractivity contribution in [1.82, 2.24) is 10.3 Å². The van der Waals surface area contributed by atoms with Crippen LogP contribution in [0.15, 0.2) is 30.5 Å². The van der Waals surface area contributed by atoms with E-state index >= 15 is 0 Å². The van der Waals surface area contributed by atoms with E-state index in [0.29, 0.717) is 17.6 Å². The molecule has 2 amide bonds. The van der Waals surface area contributed by atoms with Gasteiger partial charge in [-0.2, -0.15) is 0 Å². The first-order chi connectivity index (χ1) is 9.54. The first-order valence-electron chi connectivity index (χ1n) is 6.29. The number of halogens is 1. The SMILES string of the molecule is CC(C)c1cnc(NC(=O)NCc2ccc(F)cc2)s1. The summed E-state index contributed by atoms with van der Waals surface area (Å²) in [6.07, 6.45) is 1.77. The van der Waals surface area contributed by atoms with Gasteiger partial charge in [0.2, 0.25) is 0 Å². The standard InChI is InChI=1S/C14H16FN3OS/c1-9(2)12-8-17-14(20-12)18-13(19)16-7-10-3-5-11(15)6-4-10/h3-6,8-9H,7H2,1-2H3,(H2,16,17,18,19). The van der Waals surface area contributed by atoms with Gasteiger partial charge < -0.3 is 5.32 Å². The maximum absolute atomic E-state index is 12.7. The average Bonchev–Trinajstić information content (AvgIpc) is 2.87. The number of nitrogens with one attached hydrogen (secondary N) is 2. The number of carbonyl (C=O) groups excluding carboxylic acids is 1. The van der Waals surface area contributed by atoms with Gasteiger partial charge in [-0.05, 0) is 23.6 Å². The molecule has 0 spiro atoms. The normalized spacial score (nSPS) is 10.6. The smallest absolute Gasteiger partial charge is 0.321 e. The van der Waals surface area contributed by atoms with Crippen LogP contribution in [0.25, 0.3) is 0 Å². The Morgan fingerprint density at radius 3 is 2.65 bits per heavy atom. The molecule has 106 valence electrons. The summed E-state index contributed by atoms with van der Waals surface area (Å²) in [7, 11) is 0. The highest BCUT2D eigenvalue weighted by atomic mass is 32.1. The molecule has 0 aliphatic carbocycles. The number of benzene rings is 1. The molecule has 1 aromatic heterocycles. The summed E-state index contributed by atoms with van der Waals surface area (Å²) in [6.45, 7) is 4.49. The lowest BCUT2D eigenvalue weighted by atomic mass is 10.2. The highest BCUT2D eigenvalue weighted by Gasteiger charge is 2.08. The van der Waals surface area contributed by atoms with E-state index in [1.54, 1.807) is 18.3 Å². The third-order valence-electron chi connectivity index (χ3n) is 2.68. The maximum Gasteiger partial charge on any atom is 0.321 e. The molecule has 2 rings (SSSR count). The summed E-state index contributed by atoms with van der Waals surface area (Å²) in [5.41, 5.74) is 0.837. The van der Waals surface area contributed by atoms with Crippen molar-refractivity contribution < 1.29 is 9.18 Å². The number of carbonyl (C=O) groups is 1. The lowest BCUT2D eigenvalue weighted by Gasteiger charge is -2.05. The third-order valence-corrected chi connectivity index (χ3v) is 3.89. The van der Waals surface area contributed by atoms with Crippen LogP contribution in [0.2, 0.25) is 0 Å². The Balaban J connectivity index is 1.84.